The molecule has 0 aliphatic carbocycles. The minimum Gasteiger partial charge on any atom is -0.462 e. The second-order valence-electron chi connectivity index (χ2n) is 12.3. The van der Waals surface area contributed by atoms with Crippen LogP contribution in [-0.2, 0) is 94.1 Å². The van der Waals surface area contributed by atoms with Crippen LogP contribution in [-0.4, -0.2) is 104 Å². The van der Waals surface area contributed by atoms with Crippen LogP contribution in [0.25, 0.3) is 0 Å². The third-order valence-electron chi connectivity index (χ3n) is 7.70. The lowest BCUT2D eigenvalue weighted by molar-refractivity contribution is -0.322. The predicted molar refractivity (Wildman–Crippen MR) is 185 cm³/mol. The van der Waals surface area contributed by atoms with Crippen molar-refractivity contribution < 1.29 is 80.9 Å². The van der Waals surface area contributed by atoms with E-state index in [-0.39, 0.29) is 13.2 Å². The molecule has 0 spiro atoms. The lowest BCUT2D eigenvalue weighted by Crippen LogP contribution is -2.67. The lowest BCUT2D eigenvalue weighted by Gasteiger charge is -2.48. The van der Waals surface area contributed by atoms with E-state index in [1.54, 1.807) is 60.7 Å². The van der Waals surface area contributed by atoms with E-state index in [1.165, 1.54) is 0 Å². The molecule has 1 fully saturated rings. The number of carbonyl (C=O) groups excluding carboxylic acids is 7. The summed E-state index contributed by atoms with van der Waals surface area (Å²) >= 11 is 0. The summed E-state index contributed by atoms with van der Waals surface area (Å²) in [6.07, 6.45) is -15.1. The molecule has 2 aromatic rings. The molecule has 1 aliphatic rings. The van der Waals surface area contributed by atoms with Gasteiger partial charge in [-0.25, -0.2) is 0 Å². The number of ether oxygens (including phenoxy) is 10. The average Bonchev–Trinajstić information content (AvgIpc) is 3.09. The second kappa shape index (κ2) is 21.5. The Morgan fingerprint density at radius 1 is 0.545 bits per heavy atom. The summed E-state index contributed by atoms with van der Waals surface area (Å²) < 4.78 is 57.8. The van der Waals surface area contributed by atoms with Crippen molar-refractivity contribution in [3.05, 3.63) is 71.8 Å². The highest BCUT2D eigenvalue weighted by atomic mass is 16.7. The Kier molecular flexibility index (Phi) is 17.2. The smallest absolute Gasteiger partial charge is 0.305 e. The first kappa shape index (κ1) is 44.0. The van der Waals surface area contributed by atoms with Crippen LogP contribution >= 0.6 is 0 Å². The van der Waals surface area contributed by atoms with Crippen LogP contribution in [0.2, 0.25) is 0 Å². The van der Waals surface area contributed by atoms with Crippen molar-refractivity contribution >= 4 is 41.8 Å². The van der Waals surface area contributed by atoms with Gasteiger partial charge in [0.15, 0.2) is 30.5 Å². The maximum absolute atomic E-state index is 12.9. The van der Waals surface area contributed by atoms with Crippen molar-refractivity contribution in [3.8, 4) is 0 Å². The van der Waals surface area contributed by atoms with E-state index >= 15 is 0 Å². The molecule has 2 aromatic carbocycles. The van der Waals surface area contributed by atoms with Crippen LogP contribution < -0.4 is 0 Å². The summed E-state index contributed by atoms with van der Waals surface area (Å²) in [7, 11) is 0. The van der Waals surface area contributed by atoms with Crippen LogP contribution in [0, 0.1) is 0 Å². The molecule has 0 bridgehead atoms. The van der Waals surface area contributed by atoms with Gasteiger partial charge in [-0.05, 0) is 11.1 Å². The highest BCUT2D eigenvalue weighted by molar-refractivity contribution is 5.69. The third kappa shape index (κ3) is 14.4. The van der Waals surface area contributed by atoms with Crippen molar-refractivity contribution in [2.75, 3.05) is 6.61 Å². The number of hydrogen-bond donors (Lipinski definition) is 0. The van der Waals surface area contributed by atoms with E-state index in [1.807, 2.05) is 0 Å². The molecule has 1 aliphatic heterocycles. The summed E-state index contributed by atoms with van der Waals surface area (Å²) in [4.78, 5) is 87.9. The van der Waals surface area contributed by atoms with Gasteiger partial charge in [-0.1, -0.05) is 60.7 Å². The van der Waals surface area contributed by atoms with Crippen molar-refractivity contribution in [2.45, 2.75) is 117 Å². The van der Waals surface area contributed by atoms with E-state index in [0.717, 1.165) is 48.5 Å². The third-order valence-corrected chi connectivity index (χ3v) is 7.70. The fourth-order valence-electron chi connectivity index (χ4n) is 5.77. The van der Waals surface area contributed by atoms with E-state index in [0.29, 0.717) is 11.1 Å². The van der Waals surface area contributed by atoms with E-state index in [9.17, 15) is 33.6 Å². The first-order chi connectivity index (χ1) is 26.0. The van der Waals surface area contributed by atoms with Gasteiger partial charge in [0, 0.05) is 48.5 Å². The number of rotatable bonds is 18. The van der Waals surface area contributed by atoms with Gasteiger partial charge in [0.25, 0.3) is 0 Å². The minimum absolute atomic E-state index is 0.161. The molecule has 55 heavy (non-hydrogen) atoms. The van der Waals surface area contributed by atoms with Gasteiger partial charge in [-0.2, -0.15) is 0 Å². The zero-order chi connectivity index (χ0) is 40.7. The van der Waals surface area contributed by atoms with Gasteiger partial charge in [0.1, 0.15) is 24.9 Å². The summed E-state index contributed by atoms with van der Waals surface area (Å²) in [6, 6.07) is 17.4. The van der Waals surface area contributed by atoms with Crippen LogP contribution in [0.5, 0.6) is 0 Å². The van der Waals surface area contributed by atoms with Gasteiger partial charge < -0.3 is 47.4 Å². The van der Waals surface area contributed by atoms with E-state index in [4.69, 9.17) is 47.4 Å². The Morgan fingerprint density at radius 3 is 1.55 bits per heavy atom. The quantitative estimate of drug-likeness (QED) is 0.157. The molecule has 1 heterocycles. The number of hydrogen-bond acceptors (Lipinski definition) is 17. The average molecular weight is 775 g/mol. The van der Waals surface area contributed by atoms with Crippen molar-refractivity contribution in [3.63, 3.8) is 0 Å². The molecule has 0 saturated carbocycles. The van der Waals surface area contributed by atoms with Gasteiger partial charge in [-0.15, -0.1) is 0 Å². The van der Waals surface area contributed by atoms with Crippen LogP contribution in [0.1, 0.15) is 59.6 Å². The Balaban J connectivity index is 2.30. The van der Waals surface area contributed by atoms with Crippen molar-refractivity contribution in [1.29, 1.82) is 0 Å². The lowest BCUT2D eigenvalue weighted by atomic mass is 9.89. The van der Waals surface area contributed by atoms with Crippen molar-refractivity contribution in [2.24, 2.45) is 0 Å². The van der Waals surface area contributed by atoms with Gasteiger partial charge in [-0.3, -0.25) is 33.6 Å². The molecular weight excluding hydrogens is 728 g/mol. The zero-order valence-electron chi connectivity index (χ0n) is 31.5. The first-order valence-corrected chi connectivity index (χ1v) is 17.2. The monoisotopic (exact) mass is 774 g/mol. The maximum Gasteiger partial charge on any atom is 0.305 e. The fraction of sp³-hybridized carbons (Fsp3) is 0.500. The molecule has 1 saturated heterocycles. The highest BCUT2D eigenvalue weighted by Gasteiger charge is 2.58. The normalized spacial score (nSPS) is 21.3. The molecule has 3 rings (SSSR count). The molecule has 1 unspecified atom stereocenters. The standard InChI is InChI=1S/C38H46O17/c1-21(39)46-20-30(49-22(2)40)31(47-18-28-14-10-8-11-15-28)33(50-23(3)41)35(52-25(5)43)36-34(51-24(4)42)32(48-19-29-16-12-9-13-17-29)37(53-26(6)44)38(55-36)54-27(7)45/h8-17,30-38H,18-20H2,1-7H3/t30-,31+,32-,33-,34-,35-,36-,37+,38?/m0/s1. The Hall–Kier alpha value is -5.39. The second-order valence-corrected chi connectivity index (χ2v) is 12.3. The summed E-state index contributed by atoms with van der Waals surface area (Å²) in [5.74, 6) is -6.16. The molecule has 0 amide bonds. The Bertz CT molecular complexity index is 1610. The zero-order valence-corrected chi connectivity index (χ0v) is 31.5. The SMILES string of the molecule is CC(=O)OC[C@H](OC(C)=O)[C@@H](OCc1ccccc1)[C@H](OC(C)=O)[C@H](OC(C)=O)[C@H]1OC(OC(C)=O)[C@H](OC(C)=O)[C@@H](OCc2ccccc2)[C@@H]1OC(C)=O. The molecule has 0 aromatic heterocycles. The molecule has 0 radical (unpaired) electrons. The van der Waals surface area contributed by atoms with E-state index < -0.39 is 104 Å². The summed E-state index contributed by atoms with van der Waals surface area (Å²) in [5.41, 5.74) is 1.24. The van der Waals surface area contributed by atoms with Gasteiger partial charge in [0.2, 0.25) is 6.29 Å². The molecule has 9 atom stereocenters. The van der Waals surface area contributed by atoms with Crippen LogP contribution in [0.4, 0.5) is 0 Å². The highest BCUT2D eigenvalue weighted by Crippen LogP contribution is 2.35. The largest absolute Gasteiger partial charge is 0.462 e. The number of esters is 7. The van der Waals surface area contributed by atoms with Crippen LogP contribution in [0.15, 0.2) is 60.7 Å². The molecule has 300 valence electrons. The number of carbonyl (C=O) groups is 7. The van der Waals surface area contributed by atoms with Crippen LogP contribution in [0.3, 0.4) is 0 Å². The summed E-state index contributed by atoms with van der Waals surface area (Å²) in [6.45, 7) is 6.46. The Morgan fingerprint density at radius 2 is 1.05 bits per heavy atom. The first-order valence-electron chi connectivity index (χ1n) is 17.2. The summed E-state index contributed by atoms with van der Waals surface area (Å²) in [5, 5.41) is 0. The molecule has 17 nitrogen and oxygen atoms in total. The predicted octanol–water partition coefficient (Wildman–Crippen LogP) is 2.67. The minimum atomic E-state index is -1.86. The molecule has 0 N–H and O–H groups in total. The van der Waals surface area contributed by atoms with Crippen molar-refractivity contribution in [1.82, 2.24) is 0 Å². The van der Waals surface area contributed by atoms with E-state index in [2.05, 4.69) is 0 Å². The maximum atomic E-state index is 12.9. The fourth-order valence-corrected chi connectivity index (χ4v) is 5.77. The topological polar surface area (TPSA) is 212 Å². The van der Waals surface area contributed by atoms with Gasteiger partial charge >= 0.3 is 41.8 Å². The number of benzene rings is 2. The van der Waals surface area contributed by atoms with Gasteiger partial charge in [0.05, 0.1) is 13.2 Å². The molecular formula is C38H46O17. The Labute approximate surface area is 317 Å². The molecule has 17 heteroatoms.